The summed E-state index contributed by atoms with van der Waals surface area (Å²) >= 11 is 0. The Labute approximate surface area is 149 Å². The number of hydrazine groups is 1. The van der Waals surface area contributed by atoms with Gasteiger partial charge < -0.3 is 9.72 Å². The zero-order valence-corrected chi connectivity index (χ0v) is 14.9. The average molecular weight is 361 g/mol. The van der Waals surface area contributed by atoms with Crippen LogP contribution in [-0.4, -0.2) is 28.7 Å². The molecule has 1 atom stereocenters. The number of amides is 2. The van der Waals surface area contributed by atoms with Crippen molar-refractivity contribution in [1.82, 2.24) is 15.8 Å². The lowest BCUT2D eigenvalue weighted by Crippen LogP contribution is -2.47. The number of nitrogens with one attached hydrogen (secondary N) is 3. The Hall–Kier alpha value is -3.16. The number of aromatic nitrogens is 1. The molecule has 1 aromatic heterocycles. The lowest BCUT2D eigenvalue weighted by molar-refractivity contribution is -0.128. The highest BCUT2D eigenvalue weighted by molar-refractivity contribution is 6.02. The molecular weight excluding hydrogens is 341 g/mol. The van der Waals surface area contributed by atoms with E-state index < -0.39 is 23.7 Å². The molecule has 0 aliphatic carbocycles. The van der Waals surface area contributed by atoms with E-state index in [0.29, 0.717) is 22.6 Å². The summed E-state index contributed by atoms with van der Waals surface area (Å²) in [4.78, 5) is 38.7. The molecule has 2 rings (SSSR count). The summed E-state index contributed by atoms with van der Waals surface area (Å²) in [5.74, 6) is -1.41. The molecule has 1 heterocycles. The van der Waals surface area contributed by atoms with Crippen molar-refractivity contribution in [1.29, 1.82) is 0 Å². The van der Waals surface area contributed by atoms with Crippen molar-refractivity contribution in [2.24, 2.45) is 0 Å². The van der Waals surface area contributed by atoms with Crippen molar-refractivity contribution >= 4 is 17.6 Å². The van der Waals surface area contributed by atoms with Crippen molar-refractivity contribution in [3.05, 3.63) is 52.6 Å². The fraction of sp³-hybridized carbons (Fsp3) is 0.278. The Balaban J connectivity index is 1.96. The SMILES string of the molecule is CC(=O)c1c(C)[nH]c(C(=O)NNC(=O)C(C)Oc2ccc(F)cc2)c1C. The van der Waals surface area contributed by atoms with Gasteiger partial charge in [-0.25, -0.2) is 4.39 Å². The Morgan fingerprint density at radius 1 is 1.12 bits per heavy atom. The van der Waals surface area contributed by atoms with E-state index in [-0.39, 0.29) is 11.5 Å². The van der Waals surface area contributed by atoms with E-state index in [4.69, 9.17) is 4.74 Å². The lowest BCUT2D eigenvalue weighted by atomic mass is 10.1. The van der Waals surface area contributed by atoms with Crippen molar-refractivity contribution in [2.45, 2.75) is 33.8 Å². The number of halogens is 1. The van der Waals surface area contributed by atoms with Gasteiger partial charge in [-0.3, -0.25) is 25.2 Å². The molecule has 0 saturated heterocycles. The predicted octanol–water partition coefficient (Wildman–Crippen LogP) is 2.20. The molecule has 7 nitrogen and oxygen atoms in total. The number of ether oxygens (including phenoxy) is 1. The minimum atomic E-state index is -0.917. The van der Waals surface area contributed by atoms with Gasteiger partial charge in [-0.2, -0.15) is 0 Å². The van der Waals surface area contributed by atoms with Crippen LogP contribution < -0.4 is 15.6 Å². The van der Waals surface area contributed by atoms with Crippen LogP contribution in [0.3, 0.4) is 0 Å². The molecule has 0 saturated carbocycles. The molecule has 0 bridgehead atoms. The van der Waals surface area contributed by atoms with Gasteiger partial charge >= 0.3 is 0 Å². The maximum atomic E-state index is 12.9. The third-order valence-electron chi connectivity index (χ3n) is 3.81. The van der Waals surface area contributed by atoms with Gasteiger partial charge in [0.2, 0.25) is 0 Å². The number of ketones is 1. The first-order valence-electron chi connectivity index (χ1n) is 7.93. The molecule has 138 valence electrons. The van der Waals surface area contributed by atoms with Crippen molar-refractivity contribution < 1.29 is 23.5 Å². The summed E-state index contributed by atoms with van der Waals surface area (Å²) in [5.41, 5.74) is 6.27. The van der Waals surface area contributed by atoms with Gasteiger partial charge in [0.15, 0.2) is 11.9 Å². The second-order valence-electron chi connectivity index (χ2n) is 5.84. The van der Waals surface area contributed by atoms with Gasteiger partial charge in [0.1, 0.15) is 17.3 Å². The topological polar surface area (TPSA) is 100 Å². The highest BCUT2D eigenvalue weighted by Crippen LogP contribution is 2.18. The monoisotopic (exact) mass is 361 g/mol. The van der Waals surface area contributed by atoms with Crippen LogP contribution in [0.5, 0.6) is 5.75 Å². The van der Waals surface area contributed by atoms with Crippen LogP contribution in [0.25, 0.3) is 0 Å². The van der Waals surface area contributed by atoms with Gasteiger partial charge in [0, 0.05) is 11.3 Å². The summed E-state index contributed by atoms with van der Waals surface area (Å²) in [6.07, 6.45) is -0.917. The van der Waals surface area contributed by atoms with E-state index in [2.05, 4.69) is 15.8 Å². The Morgan fingerprint density at radius 2 is 1.73 bits per heavy atom. The average Bonchev–Trinajstić information content (AvgIpc) is 2.89. The number of rotatable bonds is 5. The molecule has 3 N–H and O–H groups in total. The van der Waals surface area contributed by atoms with Gasteiger partial charge in [-0.1, -0.05) is 0 Å². The van der Waals surface area contributed by atoms with E-state index in [0.717, 1.165) is 0 Å². The van der Waals surface area contributed by atoms with Crippen molar-refractivity contribution in [2.75, 3.05) is 0 Å². The molecule has 8 heteroatoms. The largest absolute Gasteiger partial charge is 0.481 e. The number of hydrogen-bond donors (Lipinski definition) is 3. The first-order chi connectivity index (χ1) is 12.2. The van der Waals surface area contributed by atoms with Gasteiger partial charge in [0.05, 0.1) is 0 Å². The van der Waals surface area contributed by atoms with Gasteiger partial charge in [-0.15, -0.1) is 0 Å². The van der Waals surface area contributed by atoms with Crippen molar-refractivity contribution in [3.8, 4) is 5.75 Å². The third kappa shape index (κ3) is 4.27. The maximum absolute atomic E-state index is 12.9. The van der Waals surface area contributed by atoms with E-state index in [1.807, 2.05) is 0 Å². The Morgan fingerprint density at radius 3 is 2.27 bits per heavy atom. The van der Waals surface area contributed by atoms with Crippen LogP contribution in [0.2, 0.25) is 0 Å². The van der Waals surface area contributed by atoms with Crippen LogP contribution in [0, 0.1) is 19.7 Å². The number of carbonyl (C=O) groups excluding carboxylic acids is 3. The zero-order valence-electron chi connectivity index (χ0n) is 14.9. The molecule has 0 radical (unpaired) electrons. The smallest absolute Gasteiger partial charge is 0.286 e. The van der Waals surface area contributed by atoms with E-state index in [1.54, 1.807) is 13.8 Å². The molecule has 0 spiro atoms. The van der Waals surface area contributed by atoms with E-state index in [1.165, 1.54) is 38.1 Å². The number of H-pyrrole nitrogens is 1. The first kappa shape index (κ1) is 19.2. The second kappa shape index (κ2) is 7.81. The lowest BCUT2D eigenvalue weighted by Gasteiger charge is -2.15. The number of aryl methyl sites for hydroxylation is 1. The van der Waals surface area contributed by atoms with Crippen LogP contribution >= 0.6 is 0 Å². The summed E-state index contributed by atoms with van der Waals surface area (Å²) in [5, 5.41) is 0. The molecule has 0 aliphatic rings. The highest BCUT2D eigenvalue weighted by atomic mass is 19.1. The molecule has 2 aromatic rings. The molecule has 1 aromatic carbocycles. The Kier molecular flexibility index (Phi) is 5.76. The van der Waals surface area contributed by atoms with E-state index in [9.17, 15) is 18.8 Å². The Bertz CT molecular complexity index is 843. The molecule has 26 heavy (non-hydrogen) atoms. The fourth-order valence-corrected chi connectivity index (χ4v) is 2.56. The molecule has 0 fully saturated rings. The third-order valence-corrected chi connectivity index (χ3v) is 3.81. The van der Waals surface area contributed by atoms with Crippen LogP contribution in [0.4, 0.5) is 4.39 Å². The standard InChI is InChI=1S/C18H20FN3O4/c1-9-15(11(3)23)10(2)20-16(9)18(25)22-21-17(24)12(4)26-14-7-5-13(19)6-8-14/h5-8,12,20H,1-4H3,(H,21,24)(H,22,25). The molecule has 1 unspecified atom stereocenters. The highest BCUT2D eigenvalue weighted by Gasteiger charge is 2.21. The maximum Gasteiger partial charge on any atom is 0.286 e. The van der Waals surface area contributed by atoms with Gasteiger partial charge in [-0.05, 0) is 57.5 Å². The van der Waals surface area contributed by atoms with Crippen LogP contribution in [0.1, 0.15) is 46.0 Å². The summed E-state index contributed by atoms with van der Waals surface area (Å²) in [6.45, 7) is 6.25. The second-order valence-corrected chi connectivity index (χ2v) is 5.84. The predicted molar refractivity (Wildman–Crippen MR) is 92.4 cm³/mol. The number of aromatic amines is 1. The van der Waals surface area contributed by atoms with E-state index >= 15 is 0 Å². The quantitative estimate of drug-likeness (QED) is 0.561. The van der Waals surface area contributed by atoms with Crippen LogP contribution in [0.15, 0.2) is 24.3 Å². The van der Waals surface area contributed by atoms with Gasteiger partial charge in [0.25, 0.3) is 11.8 Å². The van der Waals surface area contributed by atoms with Crippen molar-refractivity contribution in [3.63, 3.8) is 0 Å². The molecule has 0 aliphatic heterocycles. The fourth-order valence-electron chi connectivity index (χ4n) is 2.56. The zero-order chi connectivity index (χ0) is 19.4. The summed E-state index contributed by atoms with van der Waals surface area (Å²) < 4.78 is 18.2. The molecule has 2 amide bonds. The summed E-state index contributed by atoms with van der Waals surface area (Å²) in [7, 11) is 0. The number of hydrogen-bond acceptors (Lipinski definition) is 4. The number of Topliss-reactive ketones (excluding diaryl/α,β-unsaturated/α-hetero) is 1. The minimum absolute atomic E-state index is 0.152. The van der Waals surface area contributed by atoms with Crippen LogP contribution in [-0.2, 0) is 4.79 Å². The molecular formula is C18H20FN3O4. The number of carbonyl (C=O) groups is 3. The number of benzene rings is 1. The summed E-state index contributed by atoms with van der Waals surface area (Å²) in [6, 6.07) is 5.22. The normalized spacial score (nSPS) is 11.6. The first-order valence-corrected chi connectivity index (χ1v) is 7.93. The minimum Gasteiger partial charge on any atom is -0.481 e.